The summed E-state index contributed by atoms with van der Waals surface area (Å²) in [6.07, 6.45) is 0. The number of rotatable bonds is 5. The van der Waals surface area contributed by atoms with Crippen molar-refractivity contribution in [3.05, 3.63) is 70.3 Å². The van der Waals surface area contributed by atoms with Gasteiger partial charge in [-0.05, 0) is 55.9 Å². The van der Waals surface area contributed by atoms with E-state index in [0.717, 1.165) is 6.54 Å². The summed E-state index contributed by atoms with van der Waals surface area (Å²) in [4.78, 5) is 0. The second-order valence-corrected chi connectivity index (χ2v) is 6.25. The molecule has 0 aliphatic heterocycles. The minimum atomic E-state index is 0.386. The minimum absolute atomic E-state index is 0.386. The van der Waals surface area contributed by atoms with E-state index in [1.165, 1.54) is 27.8 Å². The molecule has 0 spiro atoms. The Balaban J connectivity index is 2.04. The van der Waals surface area contributed by atoms with E-state index < -0.39 is 0 Å². The Morgan fingerprint density at radius 2 is 1.48 bits per heavy atom. The van der Waals surface area contributed by atoms with Gasteiger partial charge in [-0.15, -0.1) is 0 Å². The van der Waals surface area contributed by atoms with Gasteiger partial charge in [0.25, 0.3) is 0 Å². The van der Waals surface area contributed by atoms with Gasteiger partial charge in [-0.3, -0.25) is 0 Å². The Kier molecular flexibility index (Phi) is 5.19. The maximum absolute atomic E-state index is 3.70. The second-order valence-electron chi connectivity index (χ2n) is 6.25. The highest BCUT2D eigenvalue weighted by atomic mass is 14.9. The summed E-state index contributed by atoms with van der Waals surface area (Å²) >= 11 is 0. The van der Waals surface area contributed by atoms with Gasteiger partial charge in [0.2, 0.25) is 0 Å². The van der Waals surface area contributed by atoms with Crippen LogP contribution in [0.15, 0.2) is 42.5 Å². The predicted molar refractivity (Wildman–Crippen MR) is 91.9 cm³/mol. The monoisotopic (exact) mass is 281 g/mol. The molecule has 0 aromatic heterocycles. The Morgan fingerprint density at radius 3 is 2.05 bits per heavy atom. The number of benzene rings is 2. The molecule has 1 heteroatoms. The van der Waals surface area contributed by atoms with Crippen molar-refractivity contribution < 1.29 is 0 Å². The second kappa shape index (κ2) is 6.91. The van der Waals surface area contributed by atoms with Crippen molar-refractivity contribution in [1.29, 1.82) is 0 Å². The molecular weight excluding hydrogens is 254 g/mol. The fraction of sp³-hybridized carbons (Fsp3) is 0.400. The first-order chi connectivity index (χ1) is 9.99. The molecular formula is C20H27N. The molecule has 2 rings (SSSR count). The topological polar surface area (TPSA) is 12.0 Å². The number of aryl methyl sites for hydroxylation is 3. The Hall–Kier alpha value is -1.60. The van der Waals surface area contributed by atoms with Gasteiger partial charge in [0, 0.05) is 12.6 Å². The molecule has 0 saturated carbocycles. The SMILES string of the molecule is Cc1cc(C)c(C(C)NCC(C)c2ccccc2)c(C)c1. The molecule has 0 radical (unpaired) electrons. The minimum Gasteiger partial charge on any atom is -0.310 e. The Morgan fingerprint density at radius 1 is 0.905 bits per heavy atom. The maximum atomic E-state index is 3.70. The molecule has 0 aliphatic carbocycles. The third-order valence-electron chi connectivity index (χ3n) is 4.27. The lowest BCUT2D eigenvalue weighted by Crippen LogP contribution is -2.24. The van der Waals surface area contributed by atoms with Crippen molar-refractivity contribution in [3.8, 4) is 0 Å². The van der Waals surface area contributed by atoms with Crippen molar-refractivity contribution in [2.45, 2.75) is 46.6 Å². The first kappa shape index (κ1) is 15.8. The molecule has 1 nitrogen and oxygen atoms in total. The van der Waals surface area contributed by atoms with E-state index in [4.69, 9.17) is 0 Å². The van der Waals surface area contributed by atoms with Crippen molar-refractivity contribution in [2.24, 2.45) is 0 Å². The van der Waals surface area contributed by atoms with Crippen molar-refractivity contribution in [2.75, 3.05) is 6.54 Å². The highest BCUT2D eigenvalue weighted by molar-refractivity contribution is 5.39. The third kappa shape index (κ3) is 3.95. The average molecular weight is 281 g/mol. The highest BCUT2D eigenvalue weighted by Crippen LogP contribution is 2.24. The quantitative estimate of drug-likeness (QED) is 0.807. The molecule has 2 aromatic carbocycles. The van der Waals surface area contributed by atoms with Crippen molar-refractivity contribution in [3.63, 3.8) is 0 Å². The zero-order chi connectivity index (χ0) is 15.4. The molecule has 2 aromatic rings. The molecule has 2 unspecified atom stereocenters. The zero-order valence-corrected chi connectivity index (χ0v) is 13.9. The first-order valence-corrected chi connectivity index (χ1v) is 7.85. The van der Waals surface area contributed by atoms with E-state index in [-0.39, 0.29) is 0 Å². The van der Waals surface area contributed by atoms with Crippen LogP contribution in [-0.2, 0) is 0 Å². The normalized spacial score (nSPS) is 14.0. The molecule has 112 valence electrons. The van der Waals surface area contributed by atoms with Crippen LogP contribution < -0.4 is 5.32 Å². The van der Waals surface area contributed by atoms with Gasteiger partial charge in [-0.25, -0.2) is 0 Å². The fourth-order valence-electron chi connectivity index (χ4n) is 3.23. The molecule has 0 amide bonds. The molecule has 21 heavy (non-hydrogen) atoms. The van der Waals surface area contributed by atoms with Crippen LogP contribution in [0.2, 0.25) is 0 Å². The third-order valence-corrected chi connectivity index (χ3v) is 4.27. The van der Waals surface area contributed by atoms with Crippen LogP contribution in [0, 0.1) is 20.8 Å². The van der Waals surface area contributed by atoms with Gasteiger partial charge in [-0.2, -0.15) is 0 Å². The Labute approximate surface area is 129 Å². The van der Waals surface area contributed by atoms with Gasteiger partial charge in [-0.1, -0.05) is 55.0 Å². The molecule has 0 saturated heterocycles. The van der Waals surface area contributed by atoms with E-state index in [1.807, 2.05) is 0 Å². The summed E-state index contributed by atoms with van der Waals surface area (Å²) in [5, 5.41) is 3.70. The maximum Gasteiger partial charge on any atom is 0.0297 e. The van der Waals surface area contributed by atoms with E-state index in [9.17, 15) is 0 Å². The number of hydrogen-bond acceptors (Lipinski definition) is 1. The van der Waals surface area contributed by atoms with E-state index >= 15 is 0 Å². The summed E-state index contributed by atoms with van der Waals surface area (Å²) in [6, 6.07) is 15.7. The average Bonchev–Trinajstić information content (AvgIpc) is 2.44. The summed E-state index contributed by atoms with van der Waals surface area (Å²) in [5.74, 6) is 0.528. The van der Waals surface area contributed by atoms with Gasteiger partial charge in [0.1, 0.15) is 0 Å². The standard InChI is InChI=1S/C20H27N/c1-14-11-15(2)20(16(3)12-14)18(5)21-13-17(4)19-9-7-6-8-10-19/h6-12,17-18,21H,13H2,1-5H3. The van der Waals surface area contributed by atoms with Crippen LogP contribution in [0.1, 0.15) is 53.6 Å². The van der Waals surface area contributed by atoms with E-state index in [2.05, 4.69) is 82.4 Å². The molecule has 0 heterocycles. The zero-order valence-electron chi connectivity index (χ0n) is 13.9. The van der Waals surface area contributed by atoms with Crippen LogP contribution in [0.3, 0.4) is 0 Å². The summed E-state index contributed by atoms with van der Waals surface area (Å²) < 4.78 is 0. The number of hydrogen-bond donors (Lipinski definition) is 1. The molecule has 1 N–H and O–H groups in total. The predicted octanol–water partition coefficient (Wildman–Crippen LogP) is 5.07. The molecule has 0 fully saturated rings. The van der Waals surface area contributed by atoms with Gasteiger partial charge in [0.05, 0.1) is 0 Å². The van der Waals surface area contributed by atoms with Crippen LogP contribution in [0.5, 0.6) is 0 Å². The Bertz CT molecular complexity index is 563. The van der Waals surface area contributed by atoms with Gasteiger partial charge >= 0.3 is 0 Å². The molecule has 0 aliphatic rings. The van der Waals surface area contributed by atoms with E-state index in [0.29, 0.717) is 12.0 Å². The number of nitrogens with one attached hydrogen (secondary N) is 1. The summed E-state index contributed by atoms with van der Waals surface area (Å²) in [5.41, 5.74) is 6.97. The molecule has 2 atom stereocenters. The fourth-order valence-corrected chi connectivity index (χ4v) is 3.23. The highest BCUT2D eigenvalue weighted by Gasteiger charge is 2.13. The van der Waals surface area contributed by atoms with Crippen molar-refractivity contribution in [1.82, 2.24) is 5.32 Å². The van der Waals surface area contributed by atoms with Crippen LogP contribution >= 0.6 is 0 Å². The lowest BCUT2D eigenvalue weighted by molar-refractivity contribution is 0.533. The largest absolute Gasteiger partial charge is 0.310 e. The van der Waals surface area contributed by atoms with E-state index in [1.54, 1.807) is 0 Å². The van der Waals surface area contributed by atoms with Crippen molar-refractivity contribution >= 4 is 0 Å². The van der Waals surface area contributed by atoms with Crippen LogP contribution in [-0.4, -0.2) is 6.54 Å². The lowest BCUT2D eigenvalue weighted by atomic mass is 9.94. The smallest absolute Gasteiger partial charge is 0.0297 e. The van der Waals surface area contributed by atoms with Crippen LogP contribution in [0.25, 0.3) is 0 Å². The molecule has 0 bridgehead atoms. The van der Waals surface area contributed by atoms with Gasteiger partial charge in [0.15, 0.2) is 0 Å². The summed E-state index contributed by atoms with van der Waals surface area (Å²) in [7, 11) is 0. The van der Waals surface area contributed by atoms with Crippen LogP contribution in [0.4, 0.5) is 0 Å². The van der Waals surface area contributed by atoms with Gasteiger partial charge < -0.3 is 5.32 Å². The first-order valence-electron chi connectivity index (χ1n) is 7.85. The summed E-state index contributed by atoms with van der Waals surface area (Å²) in [6.45, 7) is 12.1. The lowest BCUT2D eigenvalue weighted by Gasteiger charge is -2.22.